The number of benzene rings is 1. The first kappa shape index (κ1) is 13.5. The number of hydrogen-bond donors (Lipinski definition) is 2. The zero-order chi connectivity index (χ0) is 12.8. The average molecular weight is 238 g/mol. The average Bonchev–Trinajstić information content (AvgIpc) is 2.28. The predicted molar refractivity (Wildman–Crippen MR) is 64.5 cm³/mol. The summed E-state index contributed by atoms with van der Waals surface area (Å²) in [5.41, 5.74) is 5.11. The van der Waals surface area contributed by atoms with E-state index >= 15 is 0 Å². The van der Waals surface area contributed by atoms with Crippen LogP contribution in [0.25, 0.3) is 0 Å². The van der Waals surface area contributed by atoms with Gasteiger partial charge in [-0.25, -0.2) is 5.84 Å². The van der Waals surface area contributed by atoms with Crippen molar-refractivity contribution < 1.29 is 14.3 Å². The maximum atomic E-state index is 10.9. The van der Waals surface area contributed by atoms with E-state index in [-0.39, 0.29) is 12.5 Å². The normalized spacial score (nSPS) is 10.1. The molecule has 0 aliphatic carbocycles. The molecule has 1 aromatic carbocycles. The summed E-state index contributed by atoms with van der Waals surface area (Å²) in [5.74, 6) is 5.39. The molecule has 5 heteroatoms. The predicted octanol–water partition coefficient (Wildman–Crippen LogP) is 0.819. The van der Waals surface area contributed by atoms with Crippen LogP contribution in [0, 0.1) is 13.8 Å². The van der Waals surface area contributed by atoms with Gasteiger partial charge in [-0.1, -0.05) is 17.7 Å². The molecule has 0 aliphatic rings. The first-order chi connectivity index (χ1) is 8.08. The van der Waals surface area contributed by atoms with Crippen molar-refractivity contribution in [2.45, 2.75) is 20.5 Å². The number of aryl methyl sites for hydroxylation is 2. The summed E-state index contributed by atoms with van der Waals surface area (Å²) in [5, 5.41) is 0. The van der Waals surface area contributed by atoms with Crippen LogP contribution in [-0.4, -0.2) is 19.6 Å². The second kappa shape index (κ2) is 6.22. The Morgan fingerprint density at radius 2 is 2.12 bits per heavy atom. The fourth-order valence-electron chi connectivity index (χ4n) is 1.74. The molecule has 0 unspecified atom stereocenters. The van der Waals surface area contributed by atoms with E-state index in [2.05, 4.69) is 0 Å². The van der Waals surface area contributed by atoms with Crippen molar-refractivity contribution in [1.82, 2.24) is 5.43 Å². The third-order valence-corrected chi connectivity index (χ3v) is 2.35. The number of rotatable bonds is 5. The molecule has 1 rings (SSSR count). The number of methoxy groups -OCH3 is 1. The molecular weight excluding hydrogens is 220 g/mol. The van der Waals surface area contributed by atoms with Crippen LogP contribution in [0.3, 0.4) is 0 Å². The van der Waals surface area contributed by atoms with Gasteiger partial charge in [-0.2, -0.15) is 0 Å². The first-order valence-corrected chi connectivity index (χ1v) is 5.29. The largest absolute Gasteiger partial charge is 0.496 e. The van der Waals surface area contributed by atoms with Gasteiger partial charge in [0.2, 0.25) is 0 Å². The SMILES string of the molecule is COc1c(C)cc(C)cc1COCC(=O)NN. The highest BCUT2D eigenvalue weighted by Crippen LogP contribution is 2.25. The second-order valence-corrected chi connectivity index (χ2v) is 3.83. The molecule has 0 atom stereocenters. The van der Waals surface area contributed by atoms with Crippen LogP contribution in [-0.2, 0) is 16.1 Å². The Labute approximate surface area is 101 Å². The molecule has 1 amide bonds. The van der Waals surface area contributed by atoms with E-state index in [9.17, 15) is 4.79 Å². The summed E-state index contributed by atoms with van der Waals surface area (Å²) in [4.78, 5) is 10.9. The van der Waals surface area contributed by atoms with E-state index in [1.807, 2.05) is 31.4 Å². The van der Waals surface area contributed by atoms with E-state index in [1.165, 1.54) is 0 Å². The molecule has 94 valence electrons. The standard InChI is InChI=1S/C12H18N2O3/c1-8-4-9(2)12(16-3)10(5-8)6-17-7-11(15)14-13/h4-5H,6-7,13H2,1-3H3,(H,14,15). The number of hydrogen-bond acceptors (Lipinski definition) is 4. The van der Waals surface area contributed by atoms with Crippen molar-refractivity contribution in [2.75, 3.05) is 13.7 Å². The molecule has 0 aromatic heterocycles. The number of nitrogens with one attached hydrogen (secondary N) is 1. The Morgan fingerprint density at radius 3 is 2.71 bits per heavy atom. The lowest BCUT2D eigenvalue weighted by Crippen LogP contribution is -2.33. The van der Waals surface area contributed by atoms with E-state index in [0.717, 1.165) is 22.4 Å². The minimum Gasteiger partial charge on any atom is -0.496 e. The topological polar surface area (TPSA) is 73.6 Å². The highest BCUT2D eigenvalue weighted by Gasteiger charge is 2.08. The molecule has 0 bridgehead atoms. The van der Waals surface area contributed by atoms with Gasteiger partial charge in [0, 0.05) is 5.56 Å². The van der Waals surface area contributed by atoms with Gasteiger partial charge in [0.05, 0.1) is 13.7 Å². The minimum absolute atomic E-state index is 0.0629. The van der Waals surface area contributed by atoms with Crippen molar-refractivity contribution >= 4 is 5.91 Å². The van der Waals surface area contributed by atoms with Gasteiger partial charge >= 0.3 is 0 Å². The van der Waals surface area contributed by atoms with E-state index in [1.54, 1.807) is 7.11 Å². The molecular formula is C12H18N2O3. The van der Waals surface area contributed by atoms with E-state index < -0.39 is 0 Å². The lowest BCUT2D eigenvalue weighted by molar-refractivity contribution is -0.126. The molecule has 3 N–H and O–H groups in total. The van der Waals surface area contributed by atoms with Crippen LogP contribution >= 0.6 is 0 Å². The number of nitrogens with two attached hydrogens (primary N) is 1. The molecule has 0 radical (unpaired) electrons. The van der Waals surface area contributed by atoms with Crippen molar-refractivity contribution in [3.8, 4) is 5.75 Å². The quantitative estimate of drug-likeness (QED) is 0.452. The van der Waals surface area contributed by atoms with Crippen molar-refractivity contribution in [2.24, 2.45) is 5.84 Å². The van der Waals surface area contributed by atoms with E-state index in [4.69, 9.17) is 15.3 Å². The van der Waals surface area contributed by atoms with E-state index in [0.29, 0.717) is 6.61 Å². The number of carbonyl (C=O) groups excluding carboxylic acids is 1. The zero-order valence-electron chi connectivity index (χ0n) is 10.4. The summed E-state index contributed by atoms with van der Waals surface area (Å²) in [6.45, 7) is 4.23. The molecule has 17 heavy (non-hydrogen) atoms. The van der Waals surface area contributed by atoms with Gasteiger partial charge in [-0.3, -0.25) is 10.2 Å². The Kier molecular flexibility index (Phi) is 4.93. The van der Waals surface area contributed by atoms with Crippen LogP contribution in [0.15, 0.2) is 12.1 Å². The number of amides is 1. The van der Waals surface area contributed by atoms with Gasteiger partial charge in [0.1, 0.15) is 12.4 Å². The third-order valence-electron chi connectivity index (χ3n) is 2.35. The van der Waals surface area contributed by atoms with Crippen LogP contribution in [0.2, 0.25) is 0 Å². The molecule has 0 heterocycles. The Morgan fingerprint density at radius 1 is 1.41 bits per heavy atom. The summed E-state index contributed by atoms with van der Waals surface area (Å²) >= 11 is 0. The van der Waals surface area contributed by atoms with Crippen LogP contribution < -0.4 is 16.0 Å². The molecule has 1 aromatic rings. The summed E-state index contributed by atoms with van der Waals surface area (Å²) in [6.07, 6.45) is 0. The Hall–Kier alpha value is -1.59. The van der Waals surface area contributed by atoms with Gasteiger partial charge in [0.15, 0.2) is 0 Å². The summed E-state index contributed by atoms with van der Waals surface area (Å²) < 4.78 is 10.6. The highest BCUT2D eigenvalue weighted by atomic mass is 16.5. The minimum atomic E-state index is -0.353. The molecule has 0 aliphatic heterocycles. The fraction of sp³-hybridized carbons (Fsp3) is 0.417. The van der Waals surface area contributed by atoms with Crippen LogP contribution in [0.1, 0.15) is 16.7 Å². The fourth-order valence-corrected chi connectivity index (χ4v) is 1.74. The van der Waals surface area contributed by atoms with Gasteiger partial charge in [0.25, 0.3) is 5.91 Å². The second-order valence-electron chi connectivity index (χ2n) is 3.83. The van der Waals surface area contributed by atoms with Crippen molar-refractivity contribution in [3.05, 3.63) is 28.8 Å². The van der Waals surface area contributed by atoms with Crippen molar-refractivity contribution in [3.63, 3.8) is 0 Å². The summed E-state index contributed by atoms with van der Waals surface area (Å²) in [6, 6.07) is 4.01. The first-order valence-electron chi connectivity index (χ1n) is 5.29. The Balaban J connectivity index is 2.72. The molecule has 5 nitrogen and oxygen atoms in total. The smallest absolute Gasteiger partial charge is 0.259 e. The maximum absolute atomic E-state index is 10.9. The lowest BCUT2D eigenvalue weighted by atomic mass is 10.1. The highest BCUT2D eigenvalue weighted by molar-refractivity contribution is 5.76. The van der Waals surface area contributed by atoms with Gasteiger partial charge in [-0.05, 0) is 19.4 Å². The lowest BCUT2D eigenvalue weighted by Gasteiger charge is -2.12. The molecule has 0 saturated heterocycles. The number of hydrazine groups is 1. The van der Waals surface area contributed by atoms with Crippen molar-refractivity contribution in [1.29, 1.82) is 0 Å². The molecule has 0 saturated carbocycles. The summed E-state index contributed by atoms with van der Waals surface area (Å²) in [7, 11) is 1.62. The maximum Gasteiger partial charge on any atom is 0.259 e. The van der Waals surface area contributed by atoms with Crippen LogP contribution in [0.5, 0.6) is 5.75 Å². The zero-order valence-corrected chi connectivity index (χ0v) is 10.4. The number of carbonyl (C=O) groups is 1. The molecule has 0 fully saturated rings. The molecule has 0 spiro atoms. The van der Waals surface area contributed by atoms with Gasteiger partial charge in [-0.15, -0.1) is 0 Å². The third kappa shape index (κ3) is 3.72. The van der Waals surface area contributed by atoms with Crippen LogP contribution in [0.4, 0.5) is 0 Å². The number of ether oxygens (including phenoxy) is 2. The monoisotopic (exact) mass is 238 g/mol. The Bertz CT molecular complexity index is 405. The van der Waals surface area contributed by atoms with Gasteiger partial charge < -0.3 is 9.47 Å².